The van der Waals surface area contributed by atoms with Gasteiger partial charge in [-0.25, -0.2) is 6.57 Å². The molecule has 2 rings (SSSR count). The third kappa shape index (κ3) is 2.67. The Morgan fingerprint density at radius 1 is 1.33 bits per heavy atom. The number of nitrogens with zero attached hydrogens (tertiary/aromatic N) is 4. The predicted octanol–water partition coefficient (Wildman–Crippen LogP) is 1.86. The Labute approximate surface area is 96.2 Å². The summed E-state index contributed by atoms with van der Waals surface area (Å²) < 4.78 is 5.25. The zero-order chi connectivity index (χ0) is 10.8. The van der Waals surface area contributed by atoms with Crippen molar-refractivity contribution in [3.63, 3.8) is 0 Å². The molecule has 0 aromatic carbocycles. The van der Waals surface area contributed by atoms with E-state index in [-0.39, 0.29) is 28.5 Å². The second-order valence-corrected chi connectivity index (χ2v) is 3.84. The Hall–Kier alpha value is -1.12. The van der Waals surface area contributed by atoms with Gasteiger partial charge in [0.25, 0.3) is 0 Å². The molecule has 5 nitrogen and oxygen atoms in total. The average Bonchev–Trinajstić information content (AvgIpc) is 2.91. The van der Waals surface area contributed by atoms with Gasteiger partial charge in [0, 0.05) is 6.42 Å². The fourth-order valence-corrected chi connectivity index (χ4v) is 1.47. The normalized spacial score (nSPS) is 23.3. The minimum absolute atomic E-state index is 0.00234. The Morgan fingerprint density at radius 2 is 2.00 bits per heavy atom. The van der Waals surface area contributed by atoms with E-state index in [4.69, 9.17) is 34.5 Å². The van der Waals surface area contributed by atoms with Crippen LogP contribution in [0.25, 0.3) is 4.85 Å². The lowest BCUT2D eigenvalue weighted by molar-refractivity contribution is 0.274. The van der Waals surface area contributed by atoms with Crippen molar-refractivity contribution in [2.24, 2.45) is 5.92 Å². The van der Waals surface area contributed by atoms with Gasteiger partial charge >= 0.3 is 6.01 Å². The van der Waals surface area contributed by atoms with Gasteiger partial charge in [-0.3, -0.25) is 0 Å². The lowest BCUT2D eigenvalue weighted by atomic mass is 10.4. The molecule has 1 aromatic heterocycles. The number of hydrogen-bond acceptors (Lipinski definition) is 4. The summed E-state index contributed by atoms with van der Waals surface area (Å²) in [6, 6.07) is 0.188. The van der Waals surface area contributed by atoms with Crippen molar-refractivity contribution < 1.29 is 4.74 Å². The summed E-state index contributed by atoms with van der Waals surface area (Å²) in [5.74, 6) is 0.275. The average molecular weight is 245 g/mol. The van der Waals surface area contributed by atoms with E-state index in [0.29, 0.717) is 6.61 Å². The van der Waals surface area contributed by atoms with Crippen LogP contribution in [0.1, 0.15) is 6.42 Å². The SMILES string of the molecule is [C-]#[N+][C@@H]1CC1COc1nc(Cl)nc(Cl)n1. The molecule has 15 heavy (non-hydrogen) atoms. The zero-order valence-electron chi connectivity index (χ0n) is 7.52. The molecular weight excluding hydrogens is 239 g/mol. The minimum atomic E-state index is 0.00234. The summed E-state index contributed by atoms with van der Waals surface area (Å²) in [7, 11) is 0. The van der Waals surface area contributed by atoms with Gasteiger partial charge in [-0.1, -0.05) is 0 Å². The Morgan fingerprint density at radius 3 is 2.53 bits per heavy atom. The standard InChI is InChI=1S/C8H6Cl2N4O/c1-11-5-2-4(5)3-15-8-13-6(9)12-7(10)14-8/h4-5H,2-3H2/t4?,5-/m1/s1. The van der Waals surface area contributed by atoms with Gasteiger partial charge < -0.3 is 9.58 Å². The van der Waals surface area contributed by atoms with E-state index in [1.54, 1.807) is 0 Å². The molecule has 7 heteroatoms. The highest BCUT2D eigenvalue weighted by Crippen LogP contribution is 2.33. The van der Waals surface area contributed by atoms with Crippen molar-refractivity contribution in [2.75, 3.05) is 6.61 Å². The lowest BCUT2D eigenvalue weighted by Crippen LogP contribution is -2.05. The number of ether oxygens (including phenoxy) is 1. The summed E-state index contributed by atoms with van der Waals surface area (Å²) in [4.78, 5) is 14.5. The van der Waals surface area contributed by atoms with Crippen LogP contribution in [0.3, 0.4) is 0 Å². The number of hydrogen-bond donors (Lipinski definition) is 0. The van der Waals surface area contributed by atoms with E-state index in [0.717, 1.165) is 6.42 Å². The first-order chi connectivity index (χ1) is 7.19. The molecule has 0 spiro atoms. The predicted molar refractivity (Wildman–Crippen MR) is 53.8 cm³/mol. The molecular formula is C8H6Cl2N4O. The van der Waals surface area contributed by atoms with Crippen molar-refractivity contribution >= 4 is 23.2 Å². The van der Waals surface area contributed by atoms with Crippen LogP contribution >= 0.6 is 23.2 Å². The van der Waals surface area contributed by atoms with E-state index in [9.17, 15) is 0 Å². The van der Waals surface area contributed by atoms with Gasteiger partial charge in [-0.2, -0.15) is 15.0 Å². The molecule has 0 bridgehead atoms. The van der Waals surface area contributed by atoms with Crippen LogP contribution in [-0.4, -0.2) is 27.6 Å². The molecule has 0 amide bonds. The monoisotopic (exact) mass is 244 g/mol. The summed E-state index contributed by atoms with van der Waals surface area (Å²) in [6.45, 7) is 7.21. The molecule has 0 saturated heterocycles. The lowest BCUT2D eigenvalue weighted by Gasteiger charge is -2.01. The molecule has 1 fully saturated rings. The first-order valence-electron chi connectivity index (χ1n) is 4.25. The third-order valence-corrected chi connectivity index (χ3v) is 2.38. The maximum Gasteiger partial charge on any atom is 0.322 e. The highest BCUT2D eigenvalue weighted by atomic mass is 35.5. The van der Waals surface area contributed by atoms with Crippen LogP contribution in [0.15, 0.2) is 0 Å². The van der Waals surface area contributed by atoms with Crippen molar-refractivity contribution in [3.8, 4) is 6.01 Å². The van der Waals surface area contributed by atoms with E-state index in [2.05, 4.69) is 19.8 Å². The Bertz CT molecular complexity index is 399. The van der Waals surface area contributed by atoms with E-state index in [1.165, 1.54) is 0 Å². The van der Waals surface area contributed by atoms with Gasteiger partial charge in [-0.05, 0) is 23.2 Å². The van der Waals surface area contributed by atoms with E-state index in [1.807, 2.05) is 0 Å². The van der Waals surface area contributed by atoms with Crippen LogP contribution in [0.4, 0.5) is 0 Å². The maximum absolute atomic E-state index is 6.79. The smallest absolute Gasteiger partial charge is 0.322 e. The minimum Gasteiger partial charge on any atom is -0.463 e. The van der Waals surface area contributed by atoms with Crippen LogP contribution in [0.2, 0.25) is 10.6 Å². The first kappa shape index (κ1) is 10.4. The van der Waals surface area contributed by atoms with Gasteiger partial charge in [0.15, 0.2) is 0 Å². The molecule has 0 N–H and O–H groups in total. The van der Waals surface area contributed by atoms with Gasteiger partial charge in [-0.15, -0.1) is 0 Å². The second-order valence-electron chi connectivity index (χ2n) is 3.16. The number of halogens is 2. The largest absolute Gasteiger partial charge is 0.463 e. The molecule has 1 aliphatic rings. The maximum atomic E-state index is 6.79. The van der Waals surface area contributed by atoms with Crippen LogP contribution in [0.5, 0.6) is 6.01 Å². The molecule has 0 aliphatic heterocycles. The second kappa shape index (κ2) is 4.17. The van der Waals surface area contributed by atoms with Crippen LogP contribution in [0, 0.1) is 12.5 Å². The summed E-state index contributed by atoms with van der Waals surface area (Å²) in [5, 5.41) is 0.00468. The van der Waals surface area contributed by atoms with Crippen molar-refractivity contribution in [2.45, 2.75) is 12.5 Å². The van der Waals surface area contributed by atoms with Crippen molar-refractivity contribution in [3.05, 3.63) is 22.0 Å². The summed E-state index contributed by atoms with van der Waals surface area (Å²) >= 11 is 11.1. The molecule has 1 saturated carbocycles. The summed E-state index contributed by atoms with van der Waals surface area (Å²) in [5.41, 5.74) is 0. The Kier molecular flexibility index (Phi) is 2.89. The van der Waals surface area contributed by atoms with Gasteiger partial charge in [0.1, 0.15) is 6.61 Å². The zero-order valence-corrected chi connectivity index (χ0v) is 9.03. The molecule has 2 atom stereocenters. The molecule has 1 aliphatic carbocycles. The first-order valence-corrected chi connectivity index (χ1v) is 5.01. The molecule has 1 heterocycles. The van der Waals surface area contributed by atoms with Gasteiger partial charge in [0.2, 0.25) is 16.6 Å². The van der Waals surface area contributed by atoms with E-state index < -0.39 is 0 Å². The number of aromatic nitrogens is 3. The van der Waals surface area contributed by atoms with Crippen LogP contribution < -0.4 is 4.74 Å². The highest BCUT2D eigenvalue weighted by molar-refractivity contribution is 6.31. The number of rotatable bonds is 3. The Balaban J connectivity index is 1.92. The van der Waals surface area contributed by atoms with Gasteiger partial charge in [0.05, 0.1) is 5.92 Å². The summed E-state index contributed by atoms with van der Waals surface area (Å²) in [6.07, 6.45) is 0.871. The molecule has 1 unspecified atom stereocenters. The van der Waals surface area contributed by atoms with Crippen molar-refractivity contribution in [1.29, 1.82) is 0 Å². The molecule has 1 aromatic rings. The quantitative estimate of drug-likeness (QED) is 0.762. The van der Waals surface area contributed by atoms with E-state index >= 15 is 0 Å². The third-order valence-electron chi connectivity index (χ3n) is 2.04. The fraction of sp³-hybridized carbons (Fsp3) is 0.500. The van der Waals surface area contributed by atoms with Crippen LogP contribution in [-0.2, 0) is 0 Å². The molecule has 78 valence electrons. The highest BCUT2D eigenvalue weighted by Gasteiger charge is 2.44. The fourth-order valence-electron chi connectivity index (χ4n) is 1.12. The molecule has 0 radical (unpaired) electrons. The van der Waals surface area contributed by atoms with Crippen molar-refractivity contribution in [1.82, 2.24) is 15.0 Å². The topological polar surface area (TPSA) is 52.3 Å².